The summed E-state index contributed by atoms with van der Waals surface area (Å²) >= 11 is 1.70. The first kappa shape index (κ1) is 14.3. The van der Waals surface area contributed by atoms with E-state index >= 15 is 0 Å². The van der Waals surface area contributed by atoms with Crippen LogP contribution < -0.4 is 16.0 Å². The summed E-state index contributed by atoms with van der Waals surface area (Å²) in [5.41, 5.74) is 0. The van der Waals surface area contributed by atoms with E-state index in [9.17, 15) is 9.59 Å². The van der Waals surface area contributed by atoms with Gasteiger partial charge in [0.1, 0.15) is 0 Å². The van der Waals surface area contributed by atoms with Gasteiger partial charge < -0.3 is 15.4 Å². The third-order valence-corrected chi connectivity index (χ3v) is 3.25. The summed E-state index contributed by atoms with van der Waals surface area (Å²) in [5.74, 6) is 1.51. The molecule has 1 atom stereocenters. The number of hydrogen-bond donors (Lipinski definition) is 3. The first-order valence-corrected chi connectivity index (χ1v) is 6.74. The van der Waals surface area contributed by atoms with E-state index in [4.69, 9.17) is 4.74 Å². The van der Waals surface area contributed by atoms with E-state index in [1.54, 1.807) is 18.9 Å². The second kappa shape index (κ2) is 8.32. The molecular formula is C10H19N3O3S. The highest BCUT2D eigenvalue weighted by molar-refractivity contribution is 7.99. The van der Waals surface area contributed by atoms with Crippen LogP contribution in [0.3, 0.4) is 0 Å². The highest BCUT2D eigenvalue weighted by atomic mass is 32.2. The minimum absolute atomic E-state index is 0.0281. The summed E-state index contributed by atoms with van der Waals surface area (Å²) in [7, 11) is 1.58. The van der Waals surface area contributed by atoms with E-state index in [2.05, 4.69) is 16.0 Å². The molecule has 17 heavy (non-hydrogen) atoms. The third kappa shape index (κ3) is 5.90. The smallest absolute Gasteiger partial charge is 0.238 e. The zero-order valence-corrected chi connectivity index (χ0v) is 10.8. The van der Waals surface area contributed by atoms with Crippen molar-refractivity contribution in [1.82, 2.24) is 16.0 Å². The van der Waals surface area contributed by atoms with Crippen LogP contribution in [-0.4, -0.2) is 56.3 Å². The minimum atomic E-state index is -0.114. The first-order chi connectivity index (χ1) is 8.24. The van der Waals surface area contributed by atoms with Crippen LogP contribution in [0, 0.1) is 0 Å². The van der Waals surface area contributed by atoms with Gasteiger partial charge in [-0.1, -0.05) is 0 Å². The highest BCUT2D eigenvalue weighted by Gasteiger charge is 2.21. The van der Waals surface area contributed by atoms with E-state index < -0.39 is 0 Å². The Morgan fingerprint density at radius 2 is 2.24 bits per heavy atom. The molecule has 0 bridgehead atoms. The van der Waals surface area contributed by atoms with Crippen molar-refractivity contribution in [2.75, 3.05) is 38.4 Å². The molecule has 1 aliphatic heterocycles. The predicted octanol–water partition coefficient (Wildman–Crippen LogP) is -1.08. The van der Waals surface area contributed by atoms with E-state index in [1.165, 1.54) is 0 Å². The molecule has 0 radical (unpaired) electrons. The summed E-state index contributed by atoms with van der Waals surface area (Å²) in [6, 6.07) is -0.114. The molecule has 0 aliphatic carbocycles. The first-order valence-electron chi connectivity index (χ1n) is 5.58. The number of rotatable bonds is 7. The zero-order chi connectivity index (χ0) is 12.5. The summed E-state index contributed by atoms with van der Waals surface area (Å²) in [5, 5.41) is 8.50. The maximum atomic E-state index is 11.5. The molecule has 7 heteroatoms. The number of nitrogens with one attached hydrogen (secondary N) is 3. The van der Waals surface area contributed by atoms with E-state index in [-0.39, 0.29) is 17.9 Å². The molecule has 0 saturated carbocycles. The molecule has 1 heterocycles. The van der Waals surface area contributed by atoms with E-state index in [1.807, 2.05) is 0 Å². The summed E-state index contributed by atoms with van der Waals surface area (Å²) < 4.78 is 4.81. The van der Waals surface area contributed by atoms with Crippen molar-refractivity contribution in [3.8, 4) is 0 Å². The SMILES string of the molecule is COCCNC(=O)CCNC(=O)C1CSCN1. The maximum Gasteiger partial charge on any atom is 0.238 e. The third-order valence-electron chi connectivity index (χ3n) is 2.31. The zero-order valence-electron chi connectivity index (χ0n) is 9.95. The van der Waals surface area contributed by atoms with Crippen molar-refractivity contribution in [2.24, 2.45) is 0 Å². The molecule has 3 N–H and O–H groups in total. The predicted molar refractivity (Wildman–Crippen MR) is 66.8 cm³/mol. The Balaban J connectivity index is 2.02. The molecular weight excluding hydrogens is 242 g/mol. The van der Waals surface area contributed by atoms with Gasteiger partial charge in [-0.25, -0.2) is 0 Å². The Kier molecular flexibility index (Phi) is 6.99. The van der Waals surface area contributed by atoms with Gasteiger partial charge >= 0.3 is 0 Å². The van der Waals surface area contributed by atoms with Gasteiger partial charge in [-0.3, -0.25) is 14.9 Å². The van der Waals surface area contributed by atoms with Gasteiger partial charge in [0.25, 0.3) is 0 Å². The average molecular weight is 261 g/mol. The van der Waals surface area contributed by atoms with Crippen LogP contribution in [0.1, 0.15) is 6.42 Å². The molecule has 1 fully saturated rings. The lowest BCUT2D eigenvalue weighted by Crippen LogP contribution is -2.43. The van der Waals surface area contributed by atoms with Crippen LogP contribution in [-0.2, 0) is 14.3 Å². The van der Waals surface area contributed by atoms with Gasteiger partial charge in [0.2, 0.25) is 11.8 Å². The van der Waals surface area contributed by atoms with Gasteiger partial charge in [0, 0.05) is 38.2 Å². The van der Waals surface area contributed by atoms with Crippen LogP contribution in [0.25, 0.3) is 0 Å². The molecule has 1 aliphatic rings. The van der Waals surface area contributed by atoms with Crippen LogP contribution in [0.5, 0.6) is 0 Å². The lowest BCUT2D eigenvalue weighted by Gasteiger charge is -2.10. The number of ether oxygens (including phenoxy) is 1. The minimum Gasteiger partial charge on any atom is -0.383 e. The van der Waals surface area contributed by atoms with Gasteiger partial charge in [0.05, 0.1) is 12.6 Å². The standard InChI is InChI=1S/C10H19N3O3S/c1-16-5-4-11-9(14)2-3-12-10(15)8-6-17-7-13-8/h8,13H,2-7H2,1H3,(H,11,14)(H,12,15). The van der Waals surface area contributed by atoms with Gasteiger partial charge in [-0.05, 0) is 0 Å². The van der Waals surface area contributed by atoms with Crippen molar-refractivity contribution < 1.29 is 14.3 Å². The van der Waals surface area contributed by atoms with Gasteiger partial charge in [-0.15, -0.1) is 11.8 Å². The molecule has 98 valence electrons. The van der Waals surface area contributed by atoms with Crippen LogP contribution in [0.4, 0.5) is 0 Å². The summed E-state index contributed by atoms with van der Waals surface area (Å²) in [4.78, 5) is 22.8. The fraction of sp³-hybridized carbons (Fsp3) is 0.800. The van der Waals surface area contributed by atoms with Crippen LogP contribution in [0.2, 0.25) is 0 Å². The molecule has 6 nitrogen and oxygen atoms in total. The largest absolute Gasteiger partial charge is 0.383 e. The van der Waals surface area contributed by atoms with Crippen molar-refractivity contribution in [3.63, 3.8) is 0 Å². The fourth-order valence-corrected chi connectivity index (χ4v) is 2.31. The molecule has 0 spiro atoms. The molecule has 2 amide bonds. The van der Waals surface area contributed by atoms with Gasteiger partial charge in [0.15, 0.2) is 0 Å². The molecule has 0 aromatic heterocycles. The Morgan fingerprint density at radius 3 is 2.88 bits per heavy atom. The van der Waals surface area contributed by atoms with Crippen molar-refractivity contribution in [1.29, 1.82) is 0 Å². The number of amides is 2. The number of hydrogen-bond acceptors (Lipinski definition) is 5. The number of thioether (sulfide) groups is 1. The monoisotopic (exact) mass is 261 g/mol. The topological polar surface area (TPSA) is 79.5 Å². The lowest BCUT2D eigenvalue weighted by molar-refractivity contribution is -0.123. The normalized spacial score (nSPS) is 19.0. The van der Waals surface area contributed by atoms with Crippen molar-refractivity contribution in [2.45, 2.75) is 12.5 Å². The summed E-state index contributed by atoms with van der Waals surface area (Å²) in [6.07, 6.45) is 0.301. The quantitative estimate of drug-likeness (QED) is 0.508. The van der Waals surface area contributed by atoms with Crippen LogP contribution in [0.15, 0.2) is 0 Å². The Morgan fingerprint density at radius 1 is 1.41 bits per heavy atom. The second-order valence-electron chi connectivity index (χ2n) is 3.66. The number of methoxy groups -OCH3 is 1. The molecule has 1 saturated heterocycles. The molecule has 0 aromatic rings. The van der Waals surface area contributed by atoms with E-state index in [0.717, 1.165) is 11.6 Å². The van der Waals surface area contributed by atoms with Crippen LogP contribution >= 0.6 is 11.8 Å². The second-order valence-corrected chi connectivity index (χ2v) is 4.69. The number of carbonyl (C=O) groups excluding carboxylic acids is 2. The van der Waals surface area contributed by atoms with Crippen molar-refractivity contribution in [3.05, 3.63) is 0 Å². The average Bonchev–Trinajstić information content (AvgIpc) is 2.82. The fourth-order valence-electron chi connectivity index (χ4n) is 1.37. The Bertz CT molecular complexity index is 257. The van der Waals surface area contributed by atoms with E-state index in [0.29, 0.717) is 26.1 Å². The Hall–Kier alpha value is -0.790. The highest BCUT2D eigenvalue weighted by Crippen LogP contribution is 2.08. The Labute approximate surface area is 105 Å². The molecule has 1 rings (SSSR count). The molecule has 1 unspecified atom stereocenters. The van der Waals surface area contributed by atoms with Gasteiger partial charge in [-0.2, -0.15) is 0 Å². The molecule has 0 aromatic carbocycles. The summed E-state index contributed by atoms with van der Waals surface area (Å²) in [6.45, 7) is 1.38. The lowest BCUT2D eigenvalue weighted by atomic mass is 10.3. The number of carbonyl (C=O) groups is 2. The maximum absolute atomic E-state index is 11.5. The van der Waals surface area contributed by atoms with Crippen molar-refractivity contribution >= 4 is 23.6 Å².